The van der Waals surface area contributed by atoms with E-state index in [1.165, 1.54) is 5.57 Å². The van der Waals surface area contributed by atoms with Crippen LogP contribution in [0.3, 0.4) is 0 Å². The van der Waals surface area contributed by atoms with Gasteiger partial charge in [0.1, 0.15) is 5.75 Å². The highest BCUT2D eigenvalue weighted by Crippen LogP contribution is 2.28. The highest BCUT2D eigenvalue weighted by molar-refractivity contribution is 5.82. The fourth-order valence-corrected chi connectivity index (χ4v) is 2.47. The monoisotopic (exact) mass is 258 g/mol. The molecule has 0 bridgehead atoms. The van der Waals surface area contributed by atoms with E-state index in [-0.39, 0.29) is 12.0 Å². The Balaban J connectivity index is 1.54. The van der Waals surface area contributed by atoms with Gasteiger partial charge in [0.2, 0.25) is 0 Å². The van der Waals surface area contributed by atoms with Crippen LogP contribution in [0.5, 0.6) is 5.75 Å². The molecule has 0 saturated heterocycles. The van der Waals surface area contributed by atoms with Crippen molar-refractivity contribution in [1.82, 2.24) is 10.6 Å². The summed E-state index contributed by atoms with van der Waals surface area (Å²) >= 11 is 0. The number of benzene rings is 1. The first-order valence-corrected chi connectivity index (χ1v) is 6.74. The summed E-state index contributed by atoms with van der Waals surface area (Å²) in [4.78, 5) is 12.1. The maximum atomic E-state index is 12.1. The normalized spacial score (nSPS) is 21.3. The highest BCUT2D eigenvalue weighted by atomic mass is 16.5. The van der Waals surface area contributed by atoms with Crippen LogP contribution in [0.2, 0.25) is 0 Å². The Morgan fingerprint density at radius 1 is 1.42 bits per heavy atom. The van der Waals surface area contributed by atoms with Gasteiger partial charge in [0.15, 0.2) is 6.10 Å². The summed E-state index contributed by atoms with van der Waals surface area (Å²) in [5.74, 6) is 0.819. The van der Waals surface area contributed by atoms with Crippen molar-refractivity contribution in [3.05, 3.63) is 41.5 Å². The van der Waals surface area contributed by atoms with Crippen LogP contribution in [-0.2, 0) is 11.2 Å². The van der Waals surface area contributed by atoms with Gasteiger partial charge < -0.3 is 15.4 Å². The Kier molecular flexibility index (Phi) is 3.51. The molecule has 1 amide bonds. The molecule has 0 saturated carbocycles. The lowest BCUT2D eigenvalue weighted by Crippen LogP contribution is -2.39. The number of rotatable bonds is 3. The van der Waals surface area contributed by atoms with Gasteiger partial charge >= 0.3 is 0 Å². The average Bonchev–Trinajstić information content (AvgIpc) is 2.90. The Morgan fingerprint density at radius 3 is 3.11 bits per heavy atom. The molecule has 1 aromatic carbocycles. The molecule has 4 heteroatoms. The Morgan fingerprint density at radius 2 is 2.32 bits per heavy atom. The quantitative estimate of drug-likeness (QED) is 0.796. The van der Waals surface area contributed by atoms with Crippen molar-refractivity contribution < 1.29 is 9.53 Å². The van der Waals surface area contributed by atoms with Gasteiger partial charge in [-0.3, -0.25) is 4.79 Å². The molecule has 1 atom stereocenters. The van der Waals surface area contributed by atoms with Crippen LogP contribution < -0.4 is 15.4 Å². The number of ether oxygens (including phenoxy) is 1. The van der Waals surface area contributed by atoms with Crippen LogP contribution in [0.15, 0.2) is 35.9 Å². The van der Waals surface area contributed by atoms with E-state index in [0.717, 1.165) is 30.8 Å². The number of nitrogens with one attached hydrogen (secondary N) is 2. The molecule has 3 rings (SSSR count). The van der Waals surface area contributed by atoms with Crippen molar-refractivity contribution in [3.8, 4) is 5.75 Å². The third-order valence-corrected chi connectivity index (χ3v) is 3.59. The fraction of sp³-hybridized carbons (Fsp3) is 0.400. The van der Waals surface area contributed by atoms with Crippen LogP contribution in [0.25, 0.3) is 0 Å². The summed E-state index contributed by atoms with van der Waals surface area (Å²) in [6, 6.07) is 7.83. The van der Waals surface area contributed by atoms with Gasteiger partial charge in [-0.15, -0.1) is 0 Å². The summed E-state index contributed by atoms with van der Waals surface area (Å²) in [7, 11) is 0. The highest BCUT2D eigenvalue weighted by Gasteiger charge is 2.28. The van der Waals surface area contributed by atoms with Crippen molar-refractivity contribution >= 4 is 5.91 Å². The number of carbonyl (C=O) groups excluding carboxylic acids is 1. The third-order valence-electron chi connectivity index (χ3n) is 3.59. The van der Waals surface area contributed by atoms with E-state index in [9.17, 15) is 4.79 Å². The summed E-state index contributed by atoms with van der Waals surface area (Å²) < 4.78 is 5.66. The van der Waals surface area contributed by atoms with Crippen LogP contribution in [0, 0.1) is 0 Å². The van der Waals surface area contributed by atoms with E-state index in [4.69, 9.17) is 4.74 Å². The van der Waals surface area contributed by atoms with Gasteiger partial charge in [-0.2, -0.15) is 0 Å². The molecule has 0 aliphatic carbocycles. The Hall–Kier alpha value is -1.81. The fourth-order valence-electron chi connectivity index (χ4n) is 2.47. The molecular weight excluding hydrogens is 240 g/mol. The number of para-hydroxylation sites is 1. The zero-order chi connectivity index (χ0) is 13.1. The predicted molar refractivity (Wildman–Crippen MR) is 73.1 cm³/mol. The van der Waals surface area contributed by atoms with Crippen LogP contribution in [-0.4, -0.2) is 31.6 Å². The molecule has 2 heterocycles. The SMILES string of the molecule is O=C(NCC1=CCNCC1)C1Cc2ccccc2O1. The molecule has 2 N–H and O–H groups in total. The van der Waals surface area contributed by atoms with Crippen LogP contribution in [0.4, 0.5) is 0 Å². The summed E-state index contributed by atoms with van der Waals surface area (Å²) in [5, 5.41) is 6.22. The zero-order valence-electron chi connectivity index (χ0n) is 10.8. The molecule has 0 fully saturated rings. The van der Waals surface area contributed by atoms with Gasteiger partial charge in [0.05, 0.1) is 0 Å². The maximum absolute atomic E-state index is 12.1. The summed E-state index contributed by atoms with van der Waals surface area (Å²) in [5.41, 5.74) is 2.41. The molecule has 19 heavy (non-hydrogen) atoms. The van der Waals surface area contributed by atoms with Crippen LogP contribution >= 0.6 is 0 Å². The second-order valence-corrected chi connectivity index (χ2v) is 4.95. The Labute approximate surface area is 112 Å². The lowest BCUT2D eigenvalue weighted by Gasteiger charge is -2.16. The van der Waals surface area contributed by atoms with Crippen molar-refractivity contribution in [2.75, 3.05) is 19.6 Å². The van der Waals surface area contributed by atoms with Crippen molar-refractivity contribution in [2.45, 2.75) is 18.9 Å². The van der Waals surface area contributed by atoms with E-state index in [2.05, 4.69) is 16.7 Å². The third kappa shape index (κ3) is 2.79. The topological polar surface area (TPSA) is 50.4 Å². The van der Waals surface area contributed by atoms with E-state index < -0.39 is 0 Å². The van der Waals surface area contributed by atoms with Crippen molar-refractivity contribution in [3.63, 3.8) is 0 Å². The maximum Gasteiger partial charge on any atom is 0.261 e. The Bertz CT molecular complexity index is 486. The number of amides is 1. The minimum atomic E-state index is -0.375. The largest absolute Gasteiger partial charge is 0.480 e. The van der Waals surface area contributed by atoms with E-state index in [0.29, 0.717) is 13.0 Å². The molecule has 2 aliphatic rings. The number of hydrogen-bond acceptors (Lipinski definition) is 3. The number of hydrogen-bond donors (Lipinski definition) is 2. The molecule has 0 spiro atoms. The van der Waals surface area contributed by atoms with Crippen molar-refractivity contribution in [2.24, 2.45) is 0 Å². The van der Waals surface area contributed by atoms with Crippen molar-refractivity contribution in [1.29, 1.82) is 0 Å². The van der Waals surface area contributed by atoms with Gasteiger partial charge in [-0.1, -0.05) is 29.8 Å². The van der Waals surface area contributed by atoms with Gasteiger partial charge in [0.25, 0.3) is 5.91 Å². The number of fused-ring (bicyclic) bond motifs is 1. The smallest absolute Gasteiger partial charge is 0.261 e. The number of carbonyl (C=O) groups is 1. The lowest BCUT2D eigenvalue weighted by molar-refractivity contribution is -0.127. The molecule has 1 aromatic rings. The first-order valence-electron chi connectivity index (χ1n) is 6.74. The molecule has 0 aromatic heterocycles. The molecule has 100 valence electrons. The standard InChI is InChI=1S/C15H18N2O2/c18-15(17-10-11-5-7-16-8-6-11)14-9-12-3-1-2-4-13(12)19-14/h1-5,14,16H,6-10H2,(H,17,18). The minimum Gasteiger partial charge on any atom is -0.480 e. The second-order valence-electron chi connectivity index (χ2n) is 4.95. The molecule has 2 aliphatic heterocycles. The van der Waals surface area contributed by atoms with E-state index in [1.54, 1.807) is 0 Å². The summed E-state index contributed by atoms with van der Waals surface area (Å²) in [6.07, 6.45) is 3.45. The van der Waals surface area contributed by atoms with Gasteiger partial charge in [-0.25, -0.2) is 0 Å². The molecular formula is C15H18N2O2. The summed E-state index contributed by atoms with van der Waals surface area (Å²) in [6.45, 7) is 2.53. The lowest BCUT2D eigenvalue weighted by atomic mass is 10.1. The second kappa shape index (κ2) is 5.45. The van der Waals surface area contributed by atoms with E-state index in [1.807, 2.05) is 24.3 Å². The average molecular weight is 258 g/mol. The molecule has 1 unspecified atom stereocenters. The zero-order valence-corrected chi connectivity index (χ0v) is 10.8. The first kappa shape index (κ1) is 12.2. The van der Waals surface area contributed by atoms with E-state index >= 15 is 0 Å². The minimum absolute atomic E-state index is 0.0179. The van der Waals surface area contributed by atoms with Crippen LogP contribution in [0.1, 0.15) is 12.0 Å². The predicted octanol–water partition coefficient (Wildman–Crippen LogP) is 1.03. The molecule has 4 nitrogen and oxygen atoms in total. The first-order chi connectivity index (χ1) is 9.33. The molecule has 0 radical (unpaired) electrons. The van der Waals surface area contributed by atoms with Gasteiger partial charge in [0, 0.05) is 19.5 Å². The van der Waals surface area contributed by atoms with Gasteiger partial charge in [-0.05, 0) is 24.6 Å².